The van der Waals surface area contributed by atoms with Crippen LogP contribution in [0, 0.1) is 19.7 Å². The summed E-state index contributed by atoms with van der Waals surface area (Å²) in [7, 11) is 0. The lowest BCUT2D eigenvalue weighted by molar-refractivity contribution is 0.104. The fourth-order valence-electron chi connectivity index (χ4n) is 1.69. The molecule has 0 fully saturated rings. The van der Waals surface area contributed by atoms with Gasteiger partial charge in [-0.05, 0) is 61.9 Å². The molecule has 0 aliphatic carbocycles. The van der Waals surface area contributed by atoms with E-state index in [-0.39, 0.29) is 11.6 Å². The van der Waals surface area contributed by atoms with E-state index in [9.17, 15) is 9.18 Å². The maximum Gasteiger partial charge on any atom is 0.185 e. The first-order valence-electron chi connectivity index (χ1n) is 5.61. The zero-order valence-corrected chi connectivity index (χ0v) is 11.1. The second-order valence-corrected chi connectivity index (χ2v) is 5.53. The molecule has 0 saturated carbocycles. The second kappa shape index (κ2) is 5.27. The monoisotopic (exact) mass is 260 g/mol. The molecule has 92 valence electrons. The van der Waals surface area contributed by atoms with Gasteiger partial charge in [-0.3, -0.25) is 4.79 Å². The first-order chi connectivity index (χ1) is 8.56. The van der Waals surface area contributed by atoms with Gasteiger partial charge in [0.2, 0.25) is 0 Å². The van der Waals surface area contributed by atoms with E-state index < -0.39 is 0 Å². The first-order valence-corrected chi connectivity index (χ1v) is 6.43. The quantitative estimate of drug-likeness (QED) is 0.590. The summed E-state index contributed by atoms with van der Waals surface area (Å²) in [5.74, 6) is -0.446. The Morgan fingerprint density at radius 3 is 2.44 bits per heavy atom. The molecule has 1 heterocycles. The third-order valence-corrected chi connectivity index (χ3v) is 3.60. The fraction of sp³-hybridized carbons (Fsp3) is 0.133. The van der Waals surface area contributed by atoms with E-state index in [4.69, 9.17) is 0 Å². The van der Waals surface area contributed by atoms with Gasteiger partial charge in [-0.1, -0.05) is 0 Å². The van der Waals surface area contributed by atoms with Crippen LogP contribution in [0.25, 0.3) is 6.08 Å². The molecule has 0 bridgehead atoms. The molecule has 0 amide bonds. The standard InChI is InChI=1S/C15H13FOS/c1-10-9-13(11(2)18-10)5-8-15(17)12-3-6-14(16)7-4-12/h3-9H,1-2H3/b8-5+. The van der Waals surface area contributed by atoms with Crippen LogP contribution in [0.5, 0.6) is 0 Å². The molecule has 1 nitrogen and oxygen atoms in total. The minimum absolute atomic E-state index is 0.113. The summed E-state index contributed by atoms with van der Waals surface area (Å²) in [6.07, 6.45) is 3.34. The van der Waals surface area contributed by atoms with Crippen molar-refractivity contribution in [1.82, 2.24) is 0 Å². The highest BCUT2D eigenvalue weighted by molar-refractivity contribution is 7.12. The van der Waals surface area contributed by atoms with Gasteiger partial charge in [-0.25, -0.2) is 4.39 Å². The number of aryl methyl sites for hydroxylation is 2. The Hall–Kier alpha value is -1.74. The van der Waals surface area contributed by atoms with Crippen molar-refractivity contribution in [2.24, 2.45) is 0 Å². The topological polar surface area (TPSA) is 17.1 Å². The average molecular weight is 260 g/mol. The predicted octanol–water partition coefficient (Wildman–Crippen LogP) is 4.40. The molecule has 0 spiro atoms. The first kappa shape index (κ1) is 12.7. The van der Waals surface area contributed by atoms with Crippen LogP contribution in [0.2, 0.25) is 0 Å². The van der Waals surface area contributed by atoms with Crippen LogP contribution < -0.4 is 0 Å². The van der Waals surface area contributed by atoms with E-state index in [0.717, 1.165) is 5.56 Å². The van der Waals surface area contributed by atoms with E-state index in [0.29, 0.717) is 5.56 Å². The van der Waals surface area contributed by atoms with Gasteiger partial charge in [0.1, 0.15) is 5.82 Å². The molecule has 0 aliphatic heterocycles. The van der Waals surface area contributed by atoms with Crippen molar-refractivity contribution in [1.29, 1.82) is 0 Å². The van der Waals surface area contributed by atoms with E-state index in [1.54, 1.807) is 11.3 Å². The molecule has 0 unspecified atom stereocenters. The molecule has 2 rings (SSSR count). The fourth-order valence-corrected chi connectivity index (χ4v) is 2.61. The van der Waals surface area contributed by atoms with Crippen molar-refractivity contribution in [2.45, 2.75) is 13.8 Å². The lowest BCUT2D eigenvalue weighted by Gasteiger charge is -1.95. The third kappa shape index (κ3) is 2.93. The summed E-state index contributed by atoms with van der Waals surface area (Å²) in [4.78, 5) is 14.3. The van der Waals surface area contributed by atoms with Crippen LogP contribution in [0.4, 0.5) is 4.39 Å². The van der Waals surface area contributed by atoms with Gasteiger partial charge in [0.05, 0.1) is 0 Å². The van der Waals surface area contributed by atoms with Crippen molar-refractivity contribution in [2.75, 3.05) is 0 Å². The number of allylic oxidation sites excluding steroid dienone is 1. The van der Waals surface area contributed by atoms with Crippen molar-refractivity contribution < 1.29 is 9.18 Å². The van der Waals surface area contributed by atoms with Crippen molar-refractivity contribution in [3.05, 3.63) is 63.1 Å². The lowest BCUT2D eigenvalue weighted by Crippen LogP contribution is -1.93. The Kier molecular flexibility index (Phi) is 3.72. The summed E-state index contributed by atoms with van der Waals surface area (Å²) in [6, 6.07) is 7.62. The number of rotatable bonds is 3. The molecule has 0 saturated heterocycles. The smallest absolute Gasteiger partial charge is 0.185 e. The van der Waals surface area contributed by atoms with Crippen LogP contribution in [0.1, 0.15) is 25.7 Å². The van der Waals surface area contributed by atoms with Crippen molar-refractivity contribution in [3.8, 4) is 0 Å². The second-order valence-electron chi connectivity index (χ2n) is 4.07. The van der Waals surface area contributed by atoms with Gasteiger partial charge in [-0.15, -0.1) is 11.3 Å². The van der Waals surface area contributed by atoms with Crippen molar-refractivity contribution in [3.63, 3.8) is 0 Å². The van der Waals surface area contributed by atoms with Crippen LogP contribution in [0.3, 0.4) is 0 Å². The number of benzene rings is 1. The molecule has 0 aliphatic rings. The number of ketones is 1. The Morgan fingerprint density at radius 2 is 1.89 bits per heavy atom. The van der Waals surface area contributed by atoms with Crippen LogP contribution in [0.15, 0.2) is 36.4 Å². The summed E-state index contributed by atoms with van der Waals surface area (Å²) in [5, 5.41) is 0. The Labute approximate surface area is 110 Å². The maximum atomic E-state index is 12.7. The van der Waals surface area contributed by atoms with Gasteiger partial charge in [-0.2, -0.15) is 0 Å². The highest BCUT2D eigenvalue weighted by Crippen LogP contribution is 2.21. The van der Waals surface area contributed by atoms with E-state index in [1.165, 1.54) is 40.1 Å². The maximum absolute atomic E-state index is 12.7. The van der Waals surface area contributed by atoms with Crippen LogP contribution in [-0.4, -0.2) is 5.78 Å². The molecule has 1 aromatic carbocycles. The zero-order chi connectivity index (χ0) is 13.1. The number of hydrogen-bond donors (Lipinski definition) is 0. The van der Waals surface area contributed by atoms with Gasteiger partial charge < -0.3 is 0 Å². The molecule has 0 radical (unpaired) electrons. The lowest BCUT2D eigenvalue weighted by atomic mass is 10.1. The number of thiophene rings is 1. The van der Waals surface area contributed by atoms with Gasteiger partial charge in [0, 0.05) is 15.3 Å². The van der Waals surface area contributed by atoms with Crippen LogP contribution >= 0.6 is 11.3 Å². The Morgan fingerprint density at radius 1 is 1.22 bits per heavy atom. The van der Waals surface area contributed by atoms with Crippen LogP contribution in [-0.2, 0) is 0 Å². The molecule has 0 N–H and O–H groups in total. The molecule has 2 aromatic rings. The summed E-state index contributed by atoms with van der Waals surface area (Å²) in [6.45, 7) is 4.07. The molecule has 1 aromatic heterocycles. The van der Waals surface area contributed by atoms with E-state index in [2.05, 4.69) is 6.07 Å². The predicted molar refractivity (Wildman–Crippen MR) is 73.6 cm³/mol. The number of carbonyl (C=O) groups excluding carboxylic acids is 1. The molecule has 18 heavy (non-hydrogen) atoms. The Balaban J connectivity index is 2.16. The Bertz CT molecular complexity index is 593. The molecule has 0 atom stereocenters. The van der Waals surface area contributed by atoms with Crippen molar-refractivity contribution >= 4 is 23.2 Å². The SMILES string of the molecule is Cc1cc(/C=C/C(=O)c2ccc(F)cc2)c(C)s1. The van der Waals surface area contributed by atoms with E-state index in [1.807, 2.05) is 19.9 Å². The summed E-state index contributed by atoms with van der Waals surface area (Å²) < 4.78 is 12.7. The minimum atomic E-state index is -0.333. The average Bonchev–Trinajstić information content (AvgIpc) is 2.66. The van der Waals surface area contributed by atoms with E-state index >= 15 is 0 Å². The third-order valence-electron chi connectivity index (χ3n) is 2.62. The highest BCUT2D eigenvalue weighted by Gasteiger charge is 2.03. The summed E-state index contributed by atoms with van der Waals surface area (Å²) >= 11 is 1.71. The molecule has 3 heteroatoms. The highest BCUT2D eigenvalue weighted by atomic mass is 32.1. The van der Waals surface area contributed by atoms with Gasteiger partial charge >= 0.3 is 0 Å². The largest absolute Gasteiger partial charge is 0.289 e. The normalized spacial score (nSPS) is 11.1. The number of halogens is 1. The van der Waals surface area contributed by atoms with Gasteiger partial charge in [0.15, 0.2) is 5.78 Å². The van der Waals surface area contributed by atoms with Gasteiger partial charge in [0.25, 0.3) is 0 Å². The minimum Gasteiger partial charge on any atom is -0.289 e. The zero-order valence-electron chi connectivity index (χ0n) is 10.2. The number of hydrogen-bond acceptors (Lipinski definition) is 2. The number of carbonyl (C=O) groups is 1. The summed E-state index contributed by atoms with van der Waals surface area (Å²) in [5.41, 5.74) is 1.56. The molecular formula is C15H13FOS. The molecular weight excluding hydrogens is 247 g/mol.